The molecular formula is C24H38O4. The van der Waals surface area contributed by atoms with Crippen LogP contribution in [-0.2, 0) is 9.53 Å². The van der Waals surface area contributed by atoms with Gasteiger partial charge in [-0.15, -0.1) is 0 Å². The van der Waals surface area contributed by atoms with Gasteiger partial charge in [0, 0.05) is 0 Å². The Labute approximate surface area is 170 Å². The normalized spacial score (nSPS) is 21.1. The second-order valence-corrected chi connectivity index (χ2v) is 8.26. The Morgan fingerprint density at radius 2 is 1.82 bits per heavy atom. The van der Waals surface area contributed by atoms with E-state index >= 15 is 0 Å². The first-order valence-corrected chi connectivity index (χ1v) is 10.4. The zero-order valence-corrected chi connectivity index (χ0v) is 17.9. The van der Waals surface area contributed by atoms with E-state index in [2.05, 4.69) is 46.1 Å². The van der Waals surface area contributed by atoms with Gasteiger partial charge in [0.1, 0.15) is 0 Å². The largest absolute Gasteiger partial charge is 0.478 e. The summed E-state index contributed by atoms with van der Waals surface area (Å²) in [4.78, 5) is 10.9. The third-order valence-corrected chi connectivity index (χ3v) is 5.40. The number of carbonyl (C=O) groups is 1. The molecule has 0 amide bonds. The first-order chi connectivity index (χ1) is 13.2. The molecule has 0 radical (unpaired) electrons. The van der Waals surface area contributed by atoms with Crippen molar-refractivity contribution in [2.24, 2.45) is 5.92 Å². The van der Waals surface area contributed by atoms with Gasteiger partial charge in [0.25, 0.3) is 0 Å². The number of aliphatic hydroxyl groups excluding tert-OH is 1. The minimum Gasteiger partial charge on any atom is -0.478 e. The lowest BCUT2D eigenvalue weighted by Crippen LogP contribution is -2.30. The molecule has 0 bridgehead atoms. The van der Waals surface area contributed by atoms with Crippen molar-refractivity contribution in [2.75, 3.05) is 6.61 Å². The van der Waals surface area contributed by atoms with Gasteiger partial charge in [0.15, 0.2) is 0 Å². The summed E-state index contributed by atoms with van der Waals surface area (Å²) in [5.74, 6) is -0.631. The van der Waals surface area contributed by atoms with Crippen molar-refractivity contribution in [1.29, 1.82) is 0 Å². The number of hydrogen-bond donors (Lipinski definition) is 2. The molecule has 1 saturated heterocycles. The van der Waals surface area contributed by atoms with Gasteiger partial charge >= 0.3 is 5.97 Å². The van der Waals surface area contributed by atoms with Crippen LogP contribution in [0.25, 0.3) is 0 Å². The smallest absolute Gasteiger partial charge is 0.333 e. The van der Waals surface area contributed by atoms with Crippen LogP contribution in [0.2, 0.25) is 0 Å². The number of hydrogen-bond acceptors (Lipinski definition) is 3. The van der Waals surface area contributed by atoms with E-state index in [4.69, 9.17) is 9.84 Å². The number of allylic oxidation sites excluding steroid dienone is 4. The monoisotopic (exact) mass is 390 g/mol. The van der Waals surface area contributed by atoms with Crippen LogP contribution < -0.4 is 0 Å². The third kappa shape index (κ3) is 9.52. The molecule has 3 unspecified atom stereocenters. The van der Waals surface area contributed by atoms with Gasteiger partial charge in [-0.3, -0.25) is 0 Å². The lowest BCUT2D eigenvalue weighted by Gasteiger charge is -2.29. The SMILES string of the molecule is C=C(CCC=C(C)CCC=C(C)C)C(O)CCC1CCC(C(=C)C(=O)O)OC1. The summed E-state index contributed by atoms with van der Waals surface area (Å²) in [7, 11) is 0. The van der Waals surface area contributed by atoms with Crippen molar-refractivity contribution < 1.29 is 19.7 Å². The third-order valence-electron chi connectivity index (χ3n) is 5.40. The summed E-state index contributed by atoms with van der Waals surface area (Å²) >= 11 is 0. The Hall–Kier alpha value is -1.65. The zero-order chi connectivity index (χ0) is 21.1. The first-order valence-electron chi connectivity index (χ1n) is 10.4. The van der Waals surface area contributed by atoms with E-state index in [0.29, 0.717) is 25.4 Å². The van der Waals surface area contributed by atoms with Crippen molar-refractivity contribution in [3.05, 3.63) is 47.6 Å². The number of rotatable bonds is 12. The second kappa shape index (κ2) is 12.7. The quantitative estimate of drug-likeness (QED) is 0.336. The van der Waals surface area contributed by atoms with Crippen LogP contribution in [0.3, 0.4) is 0 Å². The molecule has 1 aliphatic rings. The first kappa shape index (κ1) is 24.4. The van der Waals surface area contributed by atoms with Gasteiger partial charge in [-0.2, -0.15) is 0 Å². The maximum atomic E-state index is 10.9. The van der Waals surface area contributed by atoms with Gasteiger partial charge in [-0.25, -0.2) is 4.79 Å². The highest BCUT2D eigenvalue weighted by molar-refractivity contribution is 5.86. The summed E-state index contributed by atoms with van der Waals surface area (Å²) in [6.45, 7) is 14.6. The van der Waals surface area contributed by atoms with E-state index in [1.165, 1.54) is 11.1 Å². The van der Waals surface area contributed by atoms with Crippen LogP contribution in [0.15, 0.2) is 47.6 Å². The molecule has 0 aliphatic carbocycles. The van der Waals surface area contributed by atoms with Crippen LogP contribution in [0.5, 0.6) is 0 Å². The molecule has 3 atom stereocenters. The highest BCUT2D eigenvalue weighted by atomic mass is 16.5. The average molecular weight is 391 g/mol. The molecule has 0 aromatic heterocycles. The zero-order valence-electron chi connectivity index (χ0n) is 17.9. The minimum atomic E-state index is -0.989. The van der Waals surface area contributed by atoms with E-state index in [0.717, 1.165) is 44.1 Å². The number of carboxylic acid groups (broad SMARTS) is 1. The summed E-state index contributed by atoms with van der Waals surface area (Å²) < 4.78 is 5.65. The van der Waals surface area contributed by atoms with Crippen LogP contribution in [0.1, 0.15) is 72.1 Å². The number of aliphatic hydroxyl groups is 1. The fourth-order valence-corrected chi connectivity index (χ4v) is 3.41. The molecule has 0 spiro atoms. The standard InChI is InChI=1S/C24H38O4/c1-17(2)8-6-9-18(3)10-7-11-19(4)22(25)14-12-21-13-15-23(28-16-21)20(5)24(26)27/h8,10,21-23,25H,4-7,9,11-16H2,1-3H3,(H,26,27). The van der Waals surface area contributed by atoms with E-state index < -0.39 is 12.1 Å². The topological polar surface area (TPSA) is 66.8 Å². The molecule has 1 aliphatic heterocycles. The van der Waals surface area contributed by atoms with Crippen LogP contribution in [0, 0.1) is 5.92 Å². The number of aliphatic carboxylic acids is 1. The molecule has 0 saturated carbocycles. The maximum Gasteiger partial charge on any atom is 0.333 e. The van der Waals surface area contributed by atoms with Crippen LogP contribution in [0.4, 0.5) is 0 Å². The van der Waals surface area contributed by atoms with E-state index in [9.17, 15) is 9.90 Å². The highest BCUT2D eigenvalue weighted by Gasteiger charge is 2.26. The van der Waals surface area contributed by atoms with Gasteiger partial charge in [0.2, 0.25) is 0 Å². The van der Waals surface area contributed by atoms with E-state index in [-0.39, 0.29) is 11.7 Å². The Bertz CT molecular complexity index is 588. The fourth-order valence-electron chi connectivity index (χ4n) is 3.41. The van der Waals surface area contributed by atoms with Crippen LogP contribution >= 0.6 is 0 Å². The Morgan fingerprint density at radius 3 is 2.39 bits per heavy atom. The number of carboxylic acids is 1. The summed E-state index contributed by atoms with van der Waals surface area (Å²) in [5, 5.41) is 19.3. The molecule has 1 fully saturated rings. The van der Waals surface area contributed by atoms with Crippen molar-refractivity contribution in [2.45, 2.75) is 84.3 Å². The second-order valence-electron chi connectivity index (χ2n) is 8.26. The summed E-state index contributed by atoms with van der Waals surface area (Å²) in [5.41, 5.74) is 3.77. The average Bonchev–Trinajstić information content (AvgIpc) is 2.65. The molecule has 158 valence electrons. The van der Waals surface area contributed by atoms with E-state index in [1.54, 1.807) is 0 Å². The molecular weight excluding hydrogens is 352 g/mol. The predicted octanol–water partition coefficient (Wildman–Crippen LogP) is 5.59. The molecule has 28 heavy (non-hydrogen) atoms. The van der Waals surface area contributed by atoms with Gasteiger partial charge in [-0.1, -0.05) is 36.5 Å². The highest BCUT2D eigenvalue weighted by Crippen LogP contribution is 2.27. The van der Waals surface area contributed by atoms with Gasteiger partial charge < -0.3 is 14.9 Å². The number of ether oxygens (including phenoxy) is 1. The van der Waals surface area contributed by atoms with Crippen LogP contribution in [-0.4, -0.2) is 35.0 Å². The molecule has 1 rings (SSSR count). The minimum absolute atomic E-state index is 0.135. The lowest BCUT2D eigenvalue weighted by atomic mass is 9.89. The molecule has 1 heterocycles. The van der Waals surface area contributed by atoms with E-state index in [1.807, 2.05) is 0 Å². The van der Waals surface area contributed by atoms with Gasteiger partial charge in [-0.05, 0) is 83.6 Å². The molecule has 4 nitrogen and oxygen atoms in total. The molecule has 0 aromatic rings. The lowest BCUT2D eigenvalue weighted by molar-refractivity contribution is -0.135. The summed E-state index contributed by atoms with van der Waals surface area (Å²) in [6.07, 6.45) is 10.7. The Kier molecular flexibility index (Phi) is 11.1. The van der Waals surface area contributed by atoms with Crippen molar-refractivity contribution in [3.8, 4) is 0 Å². The van der Waals surface area contributed by atoms with Crippen molar-refractivity contribution in [1.82, 2.24) is 0 Å². The predicted molar refractivity (Wildman–Crippen MR) is 115 cm³/mol. The Morgan fingerprint density at radius 1 is 1.14 bits per heavy atom. The van der Waals surface area contributed by atoms with Gasteiger partial charge in [0.05, 0.1) is 24.4 Å². The molecule has 0 aromatic carbocycles. The Balaban J connectivity index is 2.24. The maximum absolute atomic E-state index is 10.9. The fraction of sp³-hybridized carbons (Fsp3) is 0.625. The van der Waals surface area contributed by atoms with Crippen molar-refractivity contribution in [3.63, 3.8) is 0 Å². The summed E-state index contributed by atoms with van der Waals surface area (Å²) in [6, 6.07) is 0. The van der Waals surface area contributed by atoms with Crippen molar-refractivity contribution >= 4 is 5.97 Å². The molecule has 2 N–H and O–H groups in total. The molecule has 4 heteroatoms.